The van der Waals surface area contributed by atoms with Crippen LogP contribution >= 0.6 is 0 Å². The Morgan fingerprint density at radius 2 is 2.00 bits per heavy atom. The van der Waals surface area contributed by atoms with Gasteiger partial charge in [-0.2, -0.15) is 0 Å². The van der Waals surface area contributed by atoms with E-state index >= 15 is 0 Å². The molecule has 1 aliphatic rings. The molecule has 1 aliphatic heterocycles. The highest BCUT2D eigenvalue weighted by Gasteiger charge is 2.29. The fourth-order valence-corrected chi connectivity index (χ4v) is 3.74. The number of nitrogens with zero attached hydrogens (tertiary/aromatic N) is 1. The van der Waals surface area contributed by atoms with Crippen LogP contribution in [0.1, 0.15) is 34.5 Å². The second kappa shape index (κ2) is 6.46. The van der Waals surface area contributed by atoms with Crippen molar-refractivity contribution < 1.29 is 14.6 Å². The van der Waals surface area contributed by atoms with Crippen molar-refractivity contribution in [2.45, 2.75) is 25.9 Å². The molecule has 6 nitrogen and oxygen atoms in total. The van der Waals surface area contributed by atoms with Crippen LogP contribution in [0, 0.1) is 0 Å². The molecule has 0 aliphatic carbocycles. The second-order valence-electron chi connectivity index (χ2n) is 6.80. The molecule has 2 N–H and O–H groups in total. The molecule has 2 aromatic carbocycles. The average molecular weight is 364 g/mol. The number of aromatic hydroxyl groups is 1. The molecule has 2 heterocycles. The lowest BCUT2D eigenvalue weighted by molar-refractivity contribution is 0.0946. The number of para-hydroxylation sites is 1. The summed E-state index contributed by atoms with van der Waals surface area (Å²) in [5, 5.41) is 13.9. The molecule has 0 spiro atoms. The number of carbonyl (C=O) groups excluding carboxylic acids is 1. The fourth-order valence-electron chi connectivity index (χ4n) is 3.74. The monoisotopic (exact) mass is 364 g/mol. The Balaban J connectivity index is 1.69. The maximum Gasteiger partial charge on any atom is 0.267 e. The summed E-state index contributed by atoms with van der Waals surface area (Å²) in [6.07, 6.45) is 0.711. The van der Waals surface area contributed by atoms with Crippen LogP contribution in [0.3, 0.4) is 0 Å². The van der Waals surface area contributed by atoms with E-state index < -0.39 is 11.5 Å². The molecular formula is C21H20N2O4. The zero-order valence-corrected chi connectivity index (χ0v) is 15.2. The van der Waals surface area contributed by atoms with Gasteiger partial charge < -0.3 is 19.7 Å². The third kappa shape index (κ3) is 2.73. The van der Waals surface area contributed by atoms with Gasteiger partial charge in [-0.3, -0.25) is 9.59 Å². The zero-order valence-electron chi connectivity index (χ0n) is 15.2. The van der Waals surface area contributed by atoms with Crippen LogP contribution < -0.4 is 15.6 Å². The third-order valence-corrected chi connectivity index (χ3v) is 5.08. The average Bonchev–Trinajstić information content (AvgIpc) is 3.02. The first-order valence-corrected chi connectivity index (χ1v) is 8.81. The Morgan fingerprint density at radius 1 is 1.26 bits per heavy atom. The molecule has 0 unspecified atom stereocenters. The minimum Gasteiger partial charge on any atom is -0.506 e. The van der Waals surface area contributed by atoms with Gasteiger partial charge in [-0.1, -0.05) is 24.3 Å². The molecule has 0 radical (unpaired) electrons. The van der Waals surface area contributed by atoms with E-state index in [0.29, 0.717) is 11.8 Å². The van der Waals surface area contributed by atoms with E-state index in [1.807, 2.05) is 31.2 Å². The standard InChI is InChI=1S/C21H20N2O4/c1-12-10-14-4-3-5-16-18(14)23(12)21(26)17(19(16)24)20(25)22-11-13-6-8-15(27-2)9-7-13/h3-9,12,24H,10-11H2,1-2H3,(H,22,25)/t12-/m1/s1. The molecule has 0 bridgehead atoms. The van der Waals surface area contributed by atoms with Gasteiger partial charge in [0.2, 0.25) is 0 Å². The van der Waals surface area contributed by atoms with Crippen molar-refractivity contribution in [1.82, 2.24) is 9.88 Å². The predicted octanol–water partition coefficient (Wildman–Crippen LogP) is 2.76. The molecule has 0 saturated carbocycles. The lowest BCUT2D eigenvalue weighted by atomic mass is 10.1. The fraction of sp³-hybridized carbons (Fsp3) is 0.238. The van der Waals surface area contributed by atoms with Crippen LogP contribution in [0.5, 0.6) is 11.5 Å². The van der Waals surface area contributed by atoms with Crippen LogP contribution in [0.25, 0.3) is 10.9 Å². The normalized spacial score (nSPS) is 15.1. The lowest BCUT2D eigenvalue weighted by Gasteiger charge is -2.14. The molecule has 1 amide bonds. The topological polar surface area (TPSA) is 80.6 Å². The largest absolute Gasteiger partial charge is 0.506 e. The van der Waals surface area contributed by atoms with Crippen molar-refractivity contribution in [1.29, 1.82) is 0 Å². The van der Waals surface area contributed by atoms with Gasteiger partial charge in [0.15, 0.2) is 0 Å². The van der Waals surface area contributed by atoms with Gasteiger partial charge in [-0.05, 0) is 42.7 Å². The summed E-state index contributed by atoms with van der Waals surface area (Å²) in [7, 11) is 1.59. The third-order valence-electron chi connectivity index (χ3n) is 5.08. The van der Waals surface area contributed by atoms with Gasteiger partial charge in [0, 0.05) is 18.0 Å². The molecule has 3 aromatic rings. The highest BCUT2D eigenvalue weighted by Crippen LogP contribution is 2.35. The van der Waals surface area contributed by atoms with Crippen molar-refractivity contribution in [3.05, 3.63) is 69.5 Å². The Kier molecular flexibility index (Phi) is 4.11. The summed E-state index contributed by atoms with van der Waals surface area (Å²) in [5.74, 6) is -0.110. The van der Waals surface area contributed by atoms with Crippen LogP contribution in [0.2, 0.25) is 0 Å². The molecule has 6 heteroatoms. The molecular weight excluding hydrogens is 344 g/mol. The van der Waals surface area contributed by atoms with E-state index in [1.165, 1.54) is 0 Å². The summed E-state index contributed by atoms with van der Waals surface area (Å²) >= 11 is 0. The molecule has 1 atom stereocenters. The number of hydrogen-bond acceptors (Lipinski definition) is 4. The van der Waals surface area contributed by atoms with Crippen molar-refractivity contribution in [2.24, 2.45) is 0 Å². The Hall–Kier alpha value is -3.28. The summed E-state index contributed by atoms with van der Waals surface area (Å²) < 4.78 is 6.73. The molecule has 0 fully saturated rings. The van der Waals surface area contributed by atoms with Gasteiger partial charge in [0.1, 0.15) is 17.1 Å². The Labute approximate surface area is 156 Å². The quantitative estimate of drug-likeness (QED) is 0.746. The first-order valence-electron chi connectivity index (χ1n) is 8.81. The highest BCUT2D eigenvalue weighted by molar-refractivity contribution is 6.03. The number of amides is 1. The van der Waals surface area contributed by atoms with E-state index in [9.17, 15) is 14.7 Å². The van der Waals surface area contributed by atoms with Crippen molar-refractivity contribution in [2.75, 3.05) is 7.11 Å². The number of carbonyl (C=O) groups is 1. The van der Waals surface area contributed by atoms with Gasteiger partial charge in [-0.15, -0.1) is 0 Å². The molecule has 4 rings (SSSR count). The van der Waals surface area contributed by atoms with Crippen LogP contribution in [0.15, 0.2) is 47.3 Å². The van der Waals surface area contributed by atoms with Gasteiger partial charge in [0.05, 0.1) is 12.6 Å². The van der Waals surface area contributed by atoms with Crippen LogP contribution in [-0.2, 0) is 13.0 Å². The van der Waals surface area contributed by atoms with E-state index in [2.05, 4.69) is 5.32 Å². The summed E-state index contributed by atoms with van der Waals surface area (Å²) in [5.41, 5.74) is 1.94. The first kappa shape index (κ1) is 17.1. The maximum absolute atomic E-state index is 12.9. The van der Waals surface area contributed by atoms with Crippen LogP contribution in [0.4, 0.5) is 0 Å². The number of aromatic nitrogens is 1. The molecule has 1 aromatic heterocycles. The smallest absolute Gasteiger partial charge is 0.267 e. The number of ether oxygens (including phenoxy) is 1. The molecule has 0 saturated heterocycles. The molecule has 138 valence electrons. The summed E-state index contributed by atoms with van der Waals surface area (Å²) in [4.78, 5) is 25.6. The number of benzene rings is 2. The lowest BCUT2D eigenvalue weighted by Crippen LogP contribution is -2.33. The minimum absolute atomic E-state index is 0.0499. The first-order chi connectivity index (χ1) is 13.0. The number of rotatable bonds is 4. The van der Waals surface area contributed by atoms with Gasteiger partial charge in [0.25, 0.3) is 11.5 Å². The summed E-state index contributed by atoms with van der Waals surface area (Å²) in [6, 6.07) is 12.7. The van der Waals surface area contributed by atoms with Crippen molar-refractivity contribution in [3.63, 3.8) is 0 Å². The second-order valence-corrected chi connectivity index (χ2v) is 6.80. The Morgan fingerprint density at radius 3 is 2.70 bits per heavy atom. The minimum atomic E-state index is -0.580. The van der Waals surface area contributed by atoms with E-state index in [4.69, 9.17) is 4.74 Å². The summed E-state index contributed by atoms with van der Waals surface area (Å²) in [6.45, 7) is 2.19. The number of pyridine rings is 1. The van der Waals surface area contributed by atoms with Crippen molar-refractivity contribution in [3.8, 4) is 11.5 Å². The van der Waals surface area contributed by atoms with E-state index in [-0.39, 0.29) is 23.9 Å². The molecule has 27 heavy (non-hydrogen) atoms. The SMILES string of the molecule is COc1ccc(CNC(=O)c2c(O)c3cccc4c3n(c2=O)[C@H](C)C4)cc1. The van der Waals surface area contributed by atoms with Gasteiger partial charge in [-0.25, -0.2) is 0 Å². The van der Waals surface area contributed by atoms with Crippen molar-refractivity contribution >= 4 is 16.8 Å². The number of methoxy groups -OCH3 is 1. The number of nitrogens with one attached hydrogen (secondary N) is 1. The number of hydrogen-bond donors (Lipinski definition) is 2. The van der Waals surface area contributed by atoms with Gasteiger partial charge >= 0.3 is 0 Å². The van der Waals surface area contributed by atoms with Crippen LogP contribution in [-0.4, -0.2) is 22.7 Å². The predicted molar refractivity (Wildman–Crippen MR) is 102 cm³/mol. The highest BCUT2D eigenvalue weighted by atomic mass is 16.5. The zero-order chi connectivity index (χ0) is 19.1. The van der Waals surface area contributed by atoms with E-state index in [1.54, 1.807) is 29.9 Å². The van der Waals surface area contributed by atoms with E-state index in [0.717, 1.165) is 22.4 Å². The maximum atomic E-state index is 12.9. The Bertz CT molecular complexity index is 1100.